The molecule has 6 heteroatoms. The summed E-state index contributed by atoms with van der Waals surface area (Å²) in [5, 5.41) is 0. The molecule has 0 aliphatic heterocycles. The van der Waals surface area contributed by atoms with Gasteiger partial charge in [-0.1, -0.05) is 6.07 Å². The summed E-state index contributed by atoms with van der Waals surface area (Å²) in [6, 6.07) is 8.11. The van der Waals surface area contributed by atoms with Gasteiger partial charge in [0.05, 0.1) is 18.6 Å². The Morgan fingerprint density at radius 3 is 2.70 bits per heavy atom. The van der Waals surface area contributed by atoms with Crippen LogP contribution in [0.2, 0.25) is 0 Å². The molecule has 0 saturated heterocycles. The summed E-state index contributed by atoms with van der Waals surface area (Å²) >= 11 is 0. The topological polar surface area (TPSA) is 82.3 Å². The molecule has 0 aliphatic rings. The summed E-state index contributed by atoms with van der Waals surface area (Å²) in [6.07, 6.45) is 1.58. The highest BCUT2D eigenvalue weighted by Crippen LogP contribution is 2.28. The smallest absolute Gasteiger partial charge is 0.187 e. The lowest BCUT2D eigenvalue weighted by Gasteiger charge is -2.11. The van der Waals surface area contributed by atoms with Crippen molar-refractivity contribution < 1.29 is 13.2 Å². The SMILES string of the molecule is COc1cc(N)ccc1S(=O)(=O)Cc1ncccc1C. The fourth-order valence-electron chi connectivity index (χ4n) is 1.87. The molecule has 0 unspecified atom stereocenters. The van der Waals surface area contributed by atoms with E-state index in [0.717, 1.165) is 5.56 Å². The fourth-order valence-corrected chi connectivity index (χ4v) is 3.41. The van der Waals surface area contributed by atoms with Crippen molar-refractivity contribution in [1.29, 1.82) is 0 Å². The molecule has 2 rings (SSSR count). The molecule has 0 aliphatic carbocycles. The van der Waals surface area contributed by atoms with Crippen molar-refractivity contribution in [2.75, 3.05) is 12.8 Å². The number of pyridine rings is 1. The number of methoxy groups -OCH3 is 1. The highest BCUT2D eigenvalue weighted by Gasteiger charge is 2.21. The van der Waals surface area contributed by atoms with Crippen LogP contribution in [0.4, 0.5) is 5.69 Å². The Labute approximate surface area is 118 Å². The van der Waals surface area contributed by atoms with Crippen LogP contribution in [0.15, 0.2) is 41.4 Å². The first-order chi connectivity index (χ1) is 9.44. The van der Waals surface area contributed by atoms with Crippen LogP contribution in [0, 0.1) is 6.92 Å². The number of aromatic nitrogens is 1. The van der Waals surface area contributed by atoms with Crippen molar-refractivity contribution in [2.24, 2.45) is 0 Å². The highest BCUT2D eigenvalue weighted by molar-refractivity contribution is 7.90. The standard InChI is InChI=1S/C14H16N2O3S/c1-10-4-3-7-16-12(10)9-20(17,18)14-6-5-11(15)8-13(14)19-2/h3-8H,9,15H2,1-2H3. The van der Waals surface area contributed by atoms with Gasteiger partial charge in [-0.25, -0.2) is 8.42 Å². The molecular weight excluding hydrogens is 276 g/mol. The van der Waals surface area contributed by atoms with E-state index in [1.165, 1.54) is 19.2 Å². The largest absolute Gasteiger partial charge is 0.495 e. The third-order valence-electron chi connectivity index (χ3n) is 2.97. The molecule has 0 atom stereocenters. The lowest BCUT2D eigenvalue weighted by Crippen LogP contribution is -2.09. The van der Waals surface area contributed by atoms with Crippen molar-refractivity contribution >= 4 is 15.5 Å². The second kappa shape index (κ2) is 5.50. The van der Waals surface area contributed by atoms with Crippen LogP contribution in [0.1, 0.15) is 11.3 Å². The second-order valence-electron chi connectivity index (χ2n) is 4.44. The first-order valence-corrected chi connectivity index (χ1v) is 7.66. The number of nitrogens with two attached hydrogens (primary N) is 1. The van der Waals surface area contributed by atoms with Crippen LogP contribution in [0.5, 0.6) is 5.75 Å². The van der Waals surface area contributed by atoms with E-state index in [4.69, 9.17) is 10.5 Å². The van der Waals surface area contributed by atoms with Crippen molar-refractivity contribution in [2.45, 2.75) is 17.6 Å². The molecule has 0 spiro atoms. The van der Waals surface area contributed by atoms with Crippen LogP contribution in [-0.4, -0.2) is 20.5 Å². The summed E-state index contributed by atoms with van der Waals surface area (Å²) in [5.41, 5.74) is 7.46. The van der Waals surface area contributed by atoms with Crippen LogP contribution in [0.25, 0.3) is 0 Å². The molecule has 1 aromatic carbocycles. The van der Waals surface area contributed by atoms with E-state index < -0.39 is 9.84 Å². The number of anilines is 1. The van der Waals surface area contributed by atoms with Crippen molar-refractivity contribution in [3.63, 3.8) is 0 Å². The van der Waals surface area contributed by atoms with Gasteiger partial charge in [-0.3, -0.25) is 4.98 Å². The van der Waals surface area contributed by atoms with E-state index in [0.29, 0.717) is 11.4 Å². The zero-order valence-electron chi connectivity index (χ0n) is 11.3. The number of hydrogen-bond donors (Lipinski definition) is 1. The van der Waals surface area contributed by atoms with Gasteiger partial charge in [-0.15, -0.1) is 0 Å². The van der Waals surface area contributed by atoms with Gasteiger partial charge < -0.3 is 10.5 Å². The Hall–Kier alpha value is -2.08. The molecule has 0 radical (unpaired) electrons. The number of nitrogens with zero attached hydrogens (tertiary/aromatic N) is 1. The van der Waals surface area contributed by atoms with Gasteiger partial charge in [0.2, 0.25) is 0 Å². The molecular formula is C14H16N2O3S. The van der Waals surface area contributed by atoms with Crippen LogP contribution in [-0.2, 0) is 15.6 Å². The van der Waals surface area contributed by atoms with Crippen LogP contribution in [0.3, 0.4) is 0 Å². The molecule has 0 saturated carbocycles. The molecule has 2 N–H and O–H groups in total. The summed E-state index contributed by atoms with van der Waals surface area (Å²) in [5.74, 6) is 0.0820. The molecule has 1 heterocycles. The van der Waals surface area contributed by atoms with Crippen LogP contribution >= 0.6 is 0 Å². The quantitative estimate of drug-likeness (QED) is 0.871. The van der Waals surface area contributed by atoms with Gasteiger partial charge in [0, 0.05) is 18.0 Å². The van der Waals surface area contributed by atoms with Crippen molar-refractivity contribution in [3.05, 3.63) is 47.8 Å². The van der Waals surface area contributed by atoms with Gasteiger partial charge >= 0.3 is 0 Å². The van der Waals surface area contributed by atoms with E-state index >= 15 is 0 Å². The summed E-state index contributed by atoms with van der Waals surface area (Å²) in [6.45, 7) is 1.83. The average Bonchev–Trinajstić information content (AvgIpc) is 2.40. The Morgan fingerprint density at radius 1 is 1.30 bits per heavy atom. The van der Waals surface area contributed by atoms with E-state index in [-0.39, 0.29) is 16.4 Å². The molecule has 0 amide bonds. The Balaban J connectivity index is 2.44. The number of benzene rings is 1. The summed E-state index contributed by atoms with van der Waals surface area (Å²) in [4.78, 5) is 4.24. The van der Waals surface area contributed by atoms with Gasteiger partial charge in [-0.2, -0.15) is 0 Å². The lowest BCUT2D eigenvalue weighted by molar-refractivity contribution is 0.403. The maximum Gasteiger partial charge on any atom is 0.187 e. The van der Waals surface area contributed by atoms with Crippen LogP contribution < -0.4 is 10.5 Å². The summed E-state index contributed by atoms with van der Waals surface area (Å²) in [7, 11) is -2.12. The third kappa shape index (κ3) is 2.91. The molecule has 106 valence electrons. The van der Waals surface area contributed by atoms with E-state index in [1.54, 1.807) is 18.3 Å². The predicted molar refractivity (Wildman–Crippen MR) is 77.3 cm³/mol. The maximum atomic E-state index is 12.5. The minimum absolute atomic E-state index is 0.124. The number of sulfone groups is 1. The first-order valence-electron chi connectivity index (χ1n) is 6.01. The molecule has 2 aromatic rings. The van der Waals surface area contributed by atoms with Gasteiger partial charge in [0.15, 0.2) is 9.84 Å². The average molecular weight is 292 g/mol. The minimum atomic E-state index is -3.54. The Morgan fingerprint density at radius 2 is 2.05 bits per heavy atom. The lowest BCUT2D eigenvalue weighted by atomic mass is 10.2. The normalized spacial score (nSPS) is 11.3. The molecule has 1 aromatic heterocycles. The molecule has 0 fully saturated rings. The maximum absolute atomic E-state index is 12.5. The predicted octanol–water partition coefficient (Wildman–Crippen LogP) is 1.95. The Kier molecular flexibility index (Phi) is 3.94. The molecule has 0 bridgehead atoms. The minimum Gasteiger partial charge on any atom is -0.495 e. The van der Waals surface area contributed by atoms with Gasteiger partial charge in [0.1, 0.15) is 10.6 Å². The monoisotopic (exact) mass is 292 g/mol. The fraction of sp³-hybridized carbons (Fsp3) is 0.214. The van der Waals surface area contributed by atoms with E-state index in [9.17, 15) is 8.42 Å². The zero-order valence-corrected chi connectivity index (χ0v) is 12.1. The molecule has 5 nitrogen and oxygen atoms in total. The van der Waals surface area contributed by atoms with Gasteiger partial charge in [-0.05, 0) is 30.7 Å². The number of rotatable bonds is 4. The highest BCUT2D eigenvalue weighted by atomic mass is 32.2. The van der Waals surface area contributed by atoms with Crippen molar-refractivity contribution in [1.82, 2.24) is 4.98 Å². The summed E-state index contributed by atoms with van der Waals surface area (Å²) < 4.78 is 30.1. The number of ether oxygens (including phenoxy) is 1. The zero-order chi connectivity index (χ0) is 14.8. The number of nitrogen functional groups attached to an aromatic ring is 1. The third-order valence-corrected chi connectivity index (χ3v) is 4.63. The Bertz CT molecular complexity index is 727. The number of aryl methyl sites for hydroxylation is 1. The van der Waals surface area contributed by atoms with E-state index in [1.807, 2.05) is 13.0 Å². The van der Waals surface area contributed by atoms with Crippen molar-refractivity contribution in [3.8, 4) is 5.75 Å². The second-order valence-corrected chi connectivity index (χ2v) is 6.39. The first kappa shape index (κ1) is 14.3. The van der Waals surface area contributed by atoms with E-state index in [2.05, 4.69) is 4.98 Å². The molecule has 20 heavy (non-hydrogen) atoms. The van der Waals surface area contributed by atoms with Gasteiger partial charge in [0.25, 0.3) is 0 Å². The number of hydrogen-bond acceptors (Lipinski definition) is 5.